The maximum atomic E-state index is 12.9. The van der Waals surface area contributed by atoms with Crippen molar-refractivity contribution < 1.29 is 14.3 Å². The number of nitrogens with zero attached hydrogens (tertiary/aromatic N) is 4. The number of amides is 1. The first kappa shape index (κ1) is 24.2. The first-order valence-electron chi connectivity index (χ1n) is 11.4. The molecule has 0 radical (unpaired) electrons. The van der Waals surface area contributed by atoms with E-state index in [2.05, 4.69) is 10.1 Å². The summed E-state index contributed by atoms with van der Waals surface area (Å²) in [6.07, 6.45) is 4.99. The number of aromatic nitrogens is 3. The molecule has 1 aliphatic carbocycles. The van der Waals surface area contributed by atoms with Crippen LogP contribution in [-0.4, -0.2) is 37.7 Å². The molecule has 8 nitrogen and oxygen atoms in total. The van der Waals surface area contributed by atoms with E-state index in [1.54, 1.807) is 26.2 Å². The fraction of sp³-hybridized carbons (Fsp3) is 0.440. The molecule has 9 heteroatoms. The highest BCUT2D eigenvalue weighted by atomic mass is 35.5. The minimum absolute atomic E-state index is 0.173. The fourth-order valence-electron chi connectivity index (χ4n) is 4.62. The molecule has 1 N–H and O–H groups in total. The van der Waals surface area contributed by atoms with E-state index in [9.17, 15) is 14.7 Å². The van der Waals surface area contributed by atoms with Gasteiger partial charge < -0.3 is 14.4 Å². The lowest BCUT2D eigenvalue weighted by Gasteiger charge is -2.22. The first-order valence-corrected chi connectivity index (χ1v) is 11.8. The summed E-state index contributed by atoms with van der Waals surface area (Å²) in [7, 11) is 3.17. The first-order chi connectivity index (χ1) is 16.2. The van der Waals surface area contributed by atoms with Crippen LogP contribution in [0.5, 0.6) is 0 Å². The fourth-order valence-corrected chi connectivity index (χ4v) is 4.73. The minimum Gasteiger partial charge on any atom is -0.390 e. The van der Waals surface area contributed by atoms with E-state index >= 15 is 0 Å². The van der Waals surface area contributed by atoms with Crippen LogP contribution in [0.2, 0.25) is 5.15 Å². The number of aliphatic hydroxyl groups excluding tert-OH is 1. The molecule has 3 aromatic rings. The average Bonchev–Trinajstić information content (AvgIpc) is 3.44. The maximum Gasteiger partial charge on any atom is 0.436 e. The van der Waals surface area contributed by atoms with Crippen LogP contribution in [0.1, 0.15) is 65.7 Å². The zero-order valence-corrected chi connectivity index (χ0v) is 20.3. The molecule has 1 saturated carbocycles. The van der Waals surface area contributed by atoms with Gasteiger partial charge >= 0.3 is 5.76 Å². The SMILES string of the molecule is C[C@H](c1nn(C)c(=O)o1)N(C)C(=O)c1ccc(C[C@@H]2CC[C@H]([C@H](O)c3ccc(Cl)nc3)C2)cc1. The van der Waals surface area contributed by atoms with Crippen molar-refractivity contribution in [2.45, 2.75) is 44.8 Å². The molecule has 0 unspecified atom stereocenters. The molecule has 34 heavy (non-hydrogen) atoms. The summed E-state index contributed by atoms with van der Waals surface area (Å²) in [5, 5.41) is 15.2. The largest absolute Gasteiger partial charge is 0.436 e. The molecule has 4 atom stereocenters. The summed E-state index contributed by atoms with van der Waals surface area (Å²) in [6.45, 7) is 1.77. The molecule has 4 rings (SSSR count). The Morgan fingerprint density at radius 3 is 2.62 bits per heavy atom. The van der Waals surface area contributed by atoms with Gasteiger partial charge in [-0.3, -0.25) is 4.79 Å². The molecule has 0 bridgehead atoms. The van der Waals surface area contributed by atoms with Crippen molar-refractivity contribution in [2.75, 3.05) is 7.05 Å². The molecule has 0 saturated heterocycles. The maximum absolute atomic E-state index is 12.9. The van der Waals surface area contributed by atoms with Crippen LogP contribution in [-0.2, 0) is 13.5 Å². The van der Waals surface area contributed by atoms with Gasteiger partial charge in [0.05, 0.1) is 6.10 Å². The van der Waals surface area contributed by atoms with Gasteiger partial charge in [-0.1, -0.05) is 29.8 Å². The summed E-state index contributed by atoms with van der Waals surface area (Å²) in [5.41, 5.74) is 2.53. The van der Waals surface area contributed by atoms with Crippen molar-refractivity contribution in [1.82, 2.24) is 19.7 Å². The Labute approximate surface area is 203 Å². The van der Waals surface area contributed by atoms with Crippen molar-refractivity contribution in [3.63, 3.8) is 0 Å². The van der Waals surface area contributed by atoms with Crippen LogP contribution >= 0.6 is 11.6 Å². The van der Waals surface area contributed by atoms with Crippen LogP contribution in [0, 0.1) is 11.8 Å². The molecular formula is C25H29ClN4O4. The zero-order valence-electron chi connectivity index (χ0n) is 19.5. The second-order valence-corrected chi connectivity index (χ2v) is 9.51. The lowest BCUT2D eigenvalue weighted by molar-refractivity contribution is 0.0720. The summed E-state index contributed by atoms with van der Waals surface area (Å²) >= 11 is 5.85. The number of benzene rings is 1. The molecule has 1 fully saturated rings. The third-order valence-electron chi connectivity index (χ3n) is 6.81. The number of rotatable bonds is 7. The number of pyridine rings is 1. The Balaban J connectivity index is 1.34. The van der Waals surface area contributed by atoms with Gasteiger partial charge in [0.15, 0.2) is 0 Å². The quantitative estimate of drug-likeness (QED) is 0.509. The molecule has 1 amide bonds. The van der Waals surface area contributed by atoms with Gasteiger partial charge in [0, 0.05) is 25.9 Å². The zero-order chi connectivity index (χ0) is 24.4. The summed E-state index contributed by atoms with van der Waals surface area (Å²) < 4.78 is 6.22. The molecule has 0 spiro atoms. The smallest absolute Gasteiger partial charge is 0.390 e. The van der Waals surface area contributed by atoms with E-state index in [4.69, 9.17) is 16.0 Å². The highest BCUT2D eigenvalue weighted by Gasteiger charge is 2.31. The van der Waals surface area contributed by atoms with E-state index in [1.165, 1.54) is 11.9 Å². The summed E-state index contributed by atoms with van der Waals surface area (Å²) in [5.74, 6) is 0.158. The van der Waals surface area contributed by atoms with Gasteiger partial charge in [0.2, 0.25) is 5.89 Å². The van der Waals surface area contributed by atoms with Crippen molar-refractivity contribution in [2.24, 2.45) is 18.9 Å². The van der Waals surface area contributed by atoms with Crippen molar-refractivity contribution in [1.29, 1.82) is 0 Å². The Morgan fingerprint density at radius 1 is 1.26 bits per heavy atom. The number of halogens is 1. The van der Waals surface area contributed by atoms with Crippen LogP contribution < -0.4 is 5.76 Å². The topological polar surface area (TPSA) is 101 Å². The second-order valence-electron chi connectivity index (χ2n) is 9.12. The van der Waals surface area contributed by atoms with Gasteiger partial charge in [-0.2, -0.15) is 4.68 Å². The molecule has 2 heterocycles. The normalized spacial score (nSPS) is 19.7. The summed E-state index contributed by atoms with van der Waals surface area (Å²) in [4.78, 5) is 30.0. The lowest BCUT2D eigenvalue weighted by Crippen LogP contribution is -2.30. The lowest BCUT2D eigenvalue weighted by atomic mass is 9.92. The monoisotopic (exact) mass is 484 g/mol. The van der Waals surface area contributed by atoms with Crippen molar-refractivity contribution in [3.05, 3.63) is 80.9 Å². The highest BCUT2D eigenvalue weighted by molar-refractivity contribution is 6.29. The van der Waals surface area contributed by atoms with Gasteiger partial charge in [0.25, 0.3) is 5.91 Å². The van der Waals surface area contributed by atoms with Crippen LogP contribution in [0.25, 0.3) is 0 Å². The third-order valence-corrected chi connectivity index (χ3v) is 7.03. The predicted molar refractivity (Wildman–Crippen MR) is 127 cm³/mol. The van der Waals surface area contributed by atoms with Gasteiger partial charge in [-0.05, 0) is 73.8 Å². The molecule has 1 aliphatic rings. The Bertz CT molecular complexity index is 1190. The second kappa shape index (κ2) is 10.1. The van der Waals surface area contributed by atoms with Crippen LogP contribution in [0.15, 0.2) is 51.8 Å². The van der Waals surface area contributed by atoms with Crippen LogP contribution in [0.4, 0.5) is 0 Å². The molecule has 2 aromatic heterocycles. The molecule has 180 valence electrons. The van der Waals surface area contributed by atoms with E-state index in [-0.39, 0.29) is 17.7 Å². The summed E-state index contributed by atoms with van der Waals surface area (Å²) in [6, 6.07) is 10.7. The van der Waals surface area contributed by atoms with Crippen molar-refractivity contribution in [3.8, 4) is 0 Å². The van der Waals surface area contributed by atoms with Crippen LogP contribution in [0.3, 0.4) is 0 Å². The number of carbonyl (C=O) groups is 1. The number of aliphatic hydroxyl groups is 1. The predicted octanol–water partition coefficient (Wildman–Crippen LogP) is 3.95. The number of carbonyl (C=O) groups excluding carboxylic acids is 1. The molecular weight excluding hydrogens is 456 g/mol. The van der Waals surface area contributed by atoms with Gasteiger partial charge in [0.1, 0.15) is 11.2 Å². The molecule has 1 aromatic carbocycles. The van der Waals surface area contributed by atoms with Gasteiger partial charge in [-0.25, -0.2) is 9.78 Å². The third kappa shape index (κ3) is 5.23. The number of hydrogen-bond donors (Lipinski definition) is 1. The average molecular weight is 485 g/mol. The van der Waals surface area contributed by atoms with E-state index < -0.39 is 17.9 Å². The van der Waals surface area contributed by atoms with E-state index in [0.717, 1.165) is 41.5 Å². The van der Waals surface area contributed by atoms with Crippen molar-refractivity contribution >= 4 is 17.5 Å². The Kier molecular flexibility index (Phi) is 7.19. The number of hydrogen-bond acceptors (Lipinski definition) is 6. The standard InChI is InChI=1S/C25H29ClN4O4/c1-15(23-28-30(3)25(33)34-23)29(2)24(32)18-7-4-16(5-8-18)12-17-6-9-19(13-17)22(31)20-10-11-21(26)27-14-20/h4-5,7-8,10-11,14-15,17,19,22,31H,6,9,12-13H2,1-3H3/t15-,17+,19+,22+/m1/s1. The Morgan fingerprint density at radius 2 is 2.00 bits per heavy atom. The minimum atomic E-state index is -0.557. The Hall–Kier alpha value is -2.97. The number of aryl methyl sites for hydroxylation is 1. The van der Waals surface area contributed by atoms with E-state index in [0.29, 0.717) is 16.6 Å². The highest BCUT2D eigenvalue weighted by Crippen LogP contribution is 2.40. The van der Waals surface area contributed by atoms with E-state index in [1.807, 2.05) is 30.3 Å². The molecule has 0 aliphatic heterocycles. The van der Waals surface area contributed by atoms with Gasteiger partial charge in [-0.15, -0.1) is 5.10 Å².